The van der Waals surface area contributed by atoms with Crippen molar-refractivity contribution < 1.29 is 19.5 Å². The zero-order valence-electron chi connectivity index (χ0n) is 6.06. The molecule has 1 rings (SSSR count). The molecule has 0 atom stereocenters. The lowest BCUT2D eigenvalue weighted by Gasteiger charge is -2.21. The first-order valence-corrected chi connectivity index (χ1v) is 3.17. The number of hydrogen-bond acceptors (Lipinski definition) is 4. The second-order valence-corrected chi connectivity index (χ2v) is 2.23. The molecule has 1 saturated heterocycles. The molecule has 0 bridgehead atoms. The summed E-state index contributed by atoms with van der Waals surface area (Å²) in [6.45, 7) is 0. The molecular formula is C5H7N3O4. The zero-order valence-corrected chi connectivity index (χ0v) is 6.06. The number of nitrogens with two attached hydrogens (primary N) is 1. The van der Waals surface area contributed by atoms with E-state index in [1.807, 2.05) is 0 Å². The van der Waals surface area contributed by atoms with Crippen molar-refractivity contribution in [1.29, 1.82) is 0 Å². The van der Waals surface area contributed by atoms with Gasteiger partial charge in [-0.3, -0.25) is 9.59 Å². The van der Waals surface area contributed by atoms with Crippen LogP contribution >= 0.6 is 0 Å². The Bertz CT molecular complexity index is 235. The molecule has 3 N–H and O–H groups in total. The van der Waals surface area contributed by atoms with E-state index >= 15 is 0 Å². The molecule has 0 radical (unpaired) electrons. The molecule has 3 amide bonds. The van der Waals surface area contributed by atoms with Gasteiger partial charge in [0.15, 0.2) is 0 Å². The van der Waals surface area contributed by atoms with Gasteiger partial charge in [-0.1, -0.05) is 0 Å². The lowest BCUT2D eigenvalue weighted by atomic mass is 10.4. The highest BCUT2D eigenvalue weighted by molar-refractivity contribution is 6.02. The van der Waals surface area contributed by atoms with E-state index in [1.165, 1.54) is 0 Å². The molecule has 1 heterocycles. The highest BCUT2D eigenvalue weighted by Crippen LogP contribution is 2.12. The van der Waals surface area contributed by atoms with Crippen LogP contribution in [0, 0.1) is 0 Å². The second kappa shape index (κ2) is 2.78. The Morgan fingerprint density at radius 2 is 1.83 bits per heavy atom. The molecule has 1 aliphatic rings. The highest BCUT2D eigenvalue weighted by Gasteiger charge is 2.35. The average Bonchev–Trinajstić information content (AvgIpc) is 2.30. The van der Waals surface area contributed by atoms with Crippen LogP contribution in [-0.4, -0.2) is 33.1 Å². The van der Waals surface area contributed by atoms with Gasteiger partial charge in [0.1, 0.15) is 0 Å². The van der Waals surface area contributed by atoms with Gasteiger partial charge in [0.25, 0.3) is 0 Å². The van der Waals surface area contributed by atoms with E-state index in [4.69, 9.17) is 10.9 Å². The minimum atomic E-state index is -1.54. The van der Waals surface area contributed by atoms with E-state index < -0.39 is 17.9 Å². The minimum absolute atomic E-state index is 0.0137. The third-order valence-corrected chi connectivity index (χ3v) is 1.44. The highest BCUT2D eigenvalue weighted by atomic mass is 16.4. The van der Waals surface area contributed by atoms with Gasteiger partial charge in [0, 0.05) is 12.8 Å². The van der Waals surface area contributed by atoms with Crippen molar-refractivity contribution >= 4 is 17.9 Å². The van der Waals surface area contributed by atoms with Crippen LogP contribution in [0.4, 0.5) is 4.79 Å². The number of rotatable bonds is 1. The number of carboxylic acid groups (broad SMARTS) is 1. The van der Waals surface area contributed by atoms with Gasteiger partial charge in [0.2, 0.25) is 11.8 Å². The van der Waals surface area contributed by atoms with E-state index in [9.17, 15) is 14.4 Å². The zero-order chi connectivity index (χ0) is 9.30. The first-order chi connectivity index (χ1) is 5.54. The van der Waals surface area contributed by atoms with E-state index in [2.05, 4.69) is 0 Å². The van der Waals surface area contributed by atoms with Crippen molar-refractivity contribution in [2.75, 3.05) is 0 Å². The van der Waals surface area contributed by atoms with Crippen LogP contribution in [-0.2, 0) is 9.59 Å². The Labute approximate surface area is 67.3 Å². The predicted octanol–water partition coefficient (Wildman–Crippen LogP) is -1.10. The number of imide groups is 1. The first-order valence-electron chi connectivity index (χ1n) is 3.17. The second-order valence-electron chi connectivity index (χ2n) is 2.23. The molecule has 1 fully saturated rings. The standard InChI is InChI=1S/C5H7N3O4/c6-8(5(11)12)7-3(9)1-2-4(7)10/h1-2,6H2,(H,11,12). The van der Waals surface area contributed by atoms with Gasteiger partial charge < -0.3 is 5.11 Å². The SMILES string of the molecule is NN(C(=O)O)N1C(=O)CCC1=O. The maximum Gasteiger partial charge on any atom is 0.442 e. The lowest BCUT2D eigenvalue weighted by molar-refractivity contribution is -0.154. The summed E-state index contributed by atoms with van der Waals surface area (Å²) < 4.78 is 0. The van der Waals surface area contributed by atoms with E-state index in [1.54, 1.807) is 0 Å². The van der Waals surface area contributed by atoms with Crippen molar-refractivity contribution in [3.63, 3.8) is 0 Å². The third kappa shape index (κ3) is 1.21. The molecule has 1 aliphatic heterocycles. The molecular weight excluding hydrogens is 166 g/mol. The molecule has 0 aromatic rings. The Kier molecular flexibility index (Phi) is 1.96. The summed E-state index contributed by atoms with van der Waals surface area (Å²) in [5.41, 5.74) is 0. The fourth-order valence-electron chi connectivity index (χ4n) is 0.891. The topological polar surface area (TPSA) is 104 Å². The number of hydrazine groups is 2. The molecule has 7 nitrogen and oxygen atoms in total. The summed E-state index contributed by atoms with van der Waals surface area (Å²) in [6, 6.07) is 0. The summed E-state index contributed by atoms with van der Waals surface area (Å²) >= 11 is 0. The van der Waals surface area contributed by atoms with Crippen molar-refractivity contribution in [3.8, 4) is 0 Å². The van der Waals surface area contributed by atoms with Crippen LogP contribution in [0.15, 0.2) is 0 Å². The summed E-state index contributed by atoms with van der Waals surface area (Å²) in [6.07, 6.45) is -1.52. The van der Waals surface area contributed by atoms with Crippen molar-refractivity contribution in [3.05, 3.63) is 0 Å². The minimum Gasteiger partial charge on any atom is -0.463 e. The first kappa shape index (κ1) is 8.47. The van der Waals surface area contributed by atoms with Gasteiger partial charge in [-0.2, -0.15) is 5.01 Å². The summed E-state index contributed by atoms with van der Waals surface area (Å²) in [7, 11) is 0. The van der Waals surface area contributed by atoms with Crippen LogP contribution in [0.25, 0.3) is 0 Å². The molecule has 0 aromatic heterocycles. The fraction of sp³-hybridized carbons (Fsp3) is 0.400. The van der Waals surface area contributed by atoms with Crippen LogP contribution in [0.5, 0.6) is 0 Å². The van der Waals surface area contributed by atoms with Crippen molar-refractivity contribution in [2.45, 2.75) is 12.8 Å². The Morgan fingerprint density at radius 3 is 2.17 bits per heavy atom. The number of carbonyl (C=O) groups is 3. The predicted molar refractivity (Wildman–Crippen MR) is 35.1 cm³/mol. The van der Waals surface area contributed by atoms with Crippen LogP contribution < -0.4 is 5.84 Å². The molecule has 66 valence electrons. The molecule has 7 heteroatoms. The number of hydrogen-bond donors (Lipinski definition) is 2. The molecule has 0 aromatic carbocycles. The number of nitrogens with zero attached hydrogens (tertiary/aromatic N) is 2. The molecule has 0 unspecified atom stereocenters. The lowest BCUT2D eigenvalue weighted by Crippen LogP contribution is -2.52. The van der Waals surface area contributed by atoms with Crippen molar-refractivity contribution in [1.82, 2.24) is 10.1 Å². The van der Waals surface area contributed by atoms with Crippen LogP contribution in [0.3, 0.4) is 0 Å². The monoisotopic (exact) mass is 173 g/mol. The van der Waals surface area contributed by atoms with Crippen molar-refractivity contribution in [2.24, 2.45) is 5.84 Å². The summed E-state index contributed by atoms with van der Waals surface area (Å²) in [4.78, 5) is 31.9. The maximum absolute atomic E-state index is 10.9. The fourth-order valence-corrected chi connectivity index (χ4v) is 0.891. The van der Waals surface area contributed by atoms with Crippen LogP contribution in [0.2, 0.25) is 0 Å². The van der Waals surface area contributed by atoms with E-state index in [0.717, 1.165) is 0 Å². The van der Waals surface area contributed by atoms with E-state index in [0.29, 0.717) is 5.01 Å². The van der Waals surface area contributed by atoms with E-state index in [-0.39, 0.29) is 18.0 Å². The molecule has 0 spiro atoms. The Hall–Kier alpha value is -1.63. The Morgan fingerprint density at radius 1 is 1.42 bits per heavy atom. The molecule has 0 aliphatic carbocycles. The third-order valence-electron chi connectivity index (χ3n) is 1.44. The summed E-state index contributed by atoms with van der Waals surface area (Å²) in [5, 5.41) is 8.85. The van der Waals surface area contributed by atoms with Gasteiger partial charge in [-0.05, 0) is 0 Å². The van der Waals surface area contributed by atoms with Gasteiger partial charge in [-0.15, -0.1) is 5.12 Å². The van der Waals surface area contributed by atoms with Crippen LogP contribution in [0.1, 0.15) is 12.8 Å². The quantitative estimate of drug-likeness (QED) is 0.227. The number of carbonyl (C=O) groups excluding carboxylic acids is 2. The Balaban J connectivity index is 2.79. The van der Waals surface area contributed by atoms with Gasteiger partial charge in [0.05, 0.1) is 0 Å². The maximum atomic E-state index is 10.9. The van der Waals surface area contributed by atoms with Gasteiger partial charge in [-0.25, -0.2) is 10.6 Å². The normalized spacial score (nSPS) is 16.9. The smallest absolute Gasteiger partial charge is 0.442 e. The molecule has 0 saturated carbocycles. The summed E-state index contributed by atoms with van der Waals surface area (Å²) in [5.74, 6) is 3.74. The number of amides is 3. The average molecular weight is 173 g/mol. The van der Waals surface area contributed by atoms with Gasteiger partial charge >= 0.3 is 6.09 Å². The molecule has 12 heavy (non-hydrogen) atoms. The largest absolute Gasteiger partial charge is 0.463 e.